The van der Waals surface area contributed by atoms with Gasteiger partial charge >= 0.3 is 6.09 Å². The molecular weight excluding hydrogens is 319 g/mol. The lowest BCUT2D eigenvalue weighted by atomic mass is 10.1. The van der Waals surface area contributed by atoms with Crippen molar-refractivity contribution in [2.24, 2.45) is 0 Å². The van der Waals surface area contributed by atoms with Gasteiger partial charge in [0.2, 0.25) is 0 Å². The highest BCUT2D eigenvalue weighted by atomic mass is 79.9. The molecule has 7 heteroatoms. The SMILES string of the molecule is Cc1cc(C(=O)N(NC(=O)O)C(C)C)c(F)cc1Br. The summed E-state index contributed by atoms with van der Waals surface area (Å²) in [6.07, 6.45) is -1.38. The van der Waals surface area contributed by atoms with E-state index in [0.29, 0.717) is 10.0 Å². The molecule has 2 N–H and O–H groups in total. The van der Waals surface area contributed by atoms with Crippen LogP contribution in [0.5, 0.6) is 0 Å². The van der Waals surface area contributed by atoms with Crippen molar-refractivity contribution >= 4 is 27.9 Å². The lowest BCUT2D eigenvalue weighted by Gasteiger charge is -2.25. The zero-order valence-corrected chi connectivity index (χ0v) is 12.3. The van der Waals surface area contributed by atoms with Crippen LogP contribution in [0.1, 0.15) is 29.8 Å². The number of hydrogen-bond donors (Lipinski definition) is 2. The van der Waals surface area contributed by atoms with E-state index in [0.717, 1.165) is 5.01 Å². The zero-order valence-electron chi connectivity index (χ0n) is 10.7. The second-order valence-electron chi connectivity index (χ2n) is 4.27. The highest BCUT2D eigenvalue weighted by Gasteiger charge is 2.24. The lowest BCUT2D eigenvalue weighted by Crippen LogP contribution is -2.49. The lowest BCUT2D eigenvalue weighted by molar-refractivity contribution is 0.0570. The monoisotopic (exact) mass is 332 g/mol. The fourth-order valence-corrected chi connectivity index (χ4v) is 1.78. The Balaban J connectivity index is 3.16. The Morgan fingerprint density at radius 2 is 2.00 bits per heavy atom. The van der Waals surface area contributed by atoms with Gasteiger partial charge in [0.25, 0.3) is 5.91 Å². The van der Waals surface area contributed by atoms with E-state index in [1.54, 1.807) is 20.8 Å². The minimum atomic E-state index is -1.38. The standard InChI is InChI=1S/C12H14BrFN2O3/c1-6(2)16(15-12(18)19)11(17)8-4-7(3)9(13)5-10(8)14/h4-6,15H,1-3H3,(H,18,19). The van der Waals surface area contributed by atoms with Crippen LogP contribution in [0.2, 0.25) is 0 Å². The predicted molar refractivity (Wildman–Crippen MR) is 71.3 cm³/mol. The second kappa shape index (κ2) is 6.01. The predicted octanol–water partition coefficient (Wildman–Crippen LogP) is 2.93. The number of benzene rings is 1. The van der Waals surface area contributed by atoms with Crippen molar-refractivity contribution < 1.29 is 19.1 Å². The molecule has 0 atom stereocenters. The van der Waals surface area contributed by atoms with Gasteiger partial charge in [-0.25, -0.2) is 19.6 Å². The van der Waals surface area contributed by atoms with E-state index in [1.165, 1.54) is 12.1 Å². The molecule has 2 amide bonds. The third-order valence-electron chi connectivity index (χ3n) is 2.43. The molecule has 19 heavy (non-hydrogen) atoms. The molecule has 5 nitrogen and oxygen atoms in total. The van der Waals surface area contributed by atoms with Crippen LogP contribution < -0.4 is 5.43 Å². The number of carbonyl (C=O) groups is 2. The van der Waals surface area contributed by atoms with Crippen LogP contribution in [-0.2, 0) is 0 Å². The second-order valence-corrected chi connectivity index (χ2v) is 5.12. The summed E-state index contributed by atoms with van der Waals surface area (Å²) in [7, 11) is 0. The molecule has 0 saturated carbocycles. The average molecular weight is 333 g/mol. The normalized spacial score (nSPS) is 10.4. The number of halogens is 2. The summed E-state index contributed by atoms with van der Waals surface area (Å²) < 4.78 is 14.3. The van der Waals surface area contributed by atoms with Gasteiger partial charge in [0.15, 0.2) is 0 Å². The van der Waals surface area contributed by atoms with Crippen LogP contribution in [0.25, 0.3) is 0 Å². The Morgan fingerprint density at radius 1 is 1.42 bits per heavy atom. The highest BCUT2D eigenvalue weighted by Crippen LogP contribution is 2.21. The van der Waals surface area contributed by atoms with Crippen LogP contribution in [0, 0.1) is 12.7 Å². The van der Waals surface area contributed by atoms with Crippen molar-refractivity contribution in [3.63, 3.8) is 0 Å². The van der Waals surface area contributed by atoms with Crippen molar-refractivity contribution in [2.45, 2.75) is 26.8 Å². The summed E-state index contributed by atoms with van der Waals surface area (Å²) in [6, 6.07) is 2.12. The Hall–Kier alpha value is -1.63. The third kappa shape index (κ3) is 3.66. The van der Waals surface area contributed by atoms with E-state index in [4.69, 9.17) is 5.11 Å². The summed E-state index contributed by atoms with van der Waals surface area (Å²) in [5.74, 6) is -1.44. The summed E-state index contributed by atoms with van der Waals surface area (Å²) >= 11 is 3.16. The Bertz CT molecular complexity index is 520. The summed E-state index contributed by atoms with van der Waals surface area (Å²) in [5.41, 5.74) is 2.47. The van der Waals surface area contributed by atoms with Gasteiger partial charge in [-0.2, -0.15) is 0 Å². The molecule has 0 aliphatic heterocycles. The maximum atomic E-state index is 13.8. The number of hydrazine groups is 1. The molecule has 104 valence electrons. The van der Waals surface area contributed by atoms with Crippen LogP contribution in [0.15, 0.2) is 16.6 Å². The van der Waals surface area contributed by atoms with E-state index in [2.05, 4.69) is 15.9 Å². The molecule has 0 radical (unpaired) electrons. The van der Waals surface area contributed by atoms with E-state index < -0.39 is 23.9 Å². The molecule has 0 spiro atoms. The summed E-state index contributed by atoms with van der Waals surface area (Å²) in [5, 5.41) is 9.56. The molecule has 1 aromatic rings. The maximum absolute atomic E-state index is 13.8. The van der Waals surface area contributed by atoms with Gasteiger partial charge in [0.05, 0.1) is 5.56 Å². The molecule has 0 aliphatic carbocycles. The fourth-order valence-electron chi connectivity index (χ4n) is 1.47. The van der Waals surface area contributed by atoms with Crippen molar-refractivity contribution in [1.29, 1.82) is 0 Å². The molecule has 1 rings (SSSR count). The van der Waals surface area contributed by atoms with E-state index >= 15 is 0 Å². The van der Waals surface area contributed by atoms with Crippen LogP contribution in [0.4, 0.5) is 9.18 Å². The maximum Gasteiger partial charge on any atom is 0.423 e. The first-order chi connectivity index (χ1) is 8.73. The molecule has 0 fully saturated rings. The molecule has 0 heterocycles. The molecule has 0 unspecified atom stereocenters. The summed E-state index contributed by atoms with van der Waals surface area (Å²) in [6.45, 7) is 4.96. The van der Waals surface area contributed by atoms with Crippen molar-refractivity contribution in [2.75, 3.05) is 0 Å². The van der Waals surface area contributed by atoms with E-state index in [1.807, 2.05) is 5.43 Å². The number of hydrogen-bond acceptors (Lipinski definition) is 2. The number of aryl methyl sites for hydroxylation is 1. The fraction of sp³-hybridized carbons (Fsp3) is 0.333. The first kappa shape index (κ1) is 15.4. The first-order valence-electron chi connectivity index (χ1n) is 5.52. The average Bonchev–Trinajstić information content (AvgIpc) is 2.29. The first-order valence-corrected chi connectivity index (χ1v) is 6.32. The van der Waals surface area contributed by atoms with Crippen LogP contribution in [0.3, 0.4) is 0 Å². The van der Waals surface area contributed by atoms with Crippen molar-refractivity contribution in [1.82, 2.24) is 10.4 Å². The zero-order chi connectivity index (χ0) is 14.7. The Labute approximate surface area is 118 Å². The van der Waals surface area contributed by atoms with Gasteiger partial charge in [0.1, 0.15) is 5.82 Å². The number of carbonyl (C=O) groups excluding carboxylic acids is 1. The van der Waals surface area contributed by atoms with Gasteiger partial charge in [-0.3, -0.25) is 4.79 Å². The van der Waals surface area contributed by atoms with E-state index in [9.17, 15) is 14.0 Å². The van der Waals surface area contributed by atoms with Crippen LogP contribution >= 0.6 is 15.9 Å². The minimum Gasteiger partial charge on any atom is -0.464 e. The minimum absolute atomic E-state index is 0.178. The van der Waals surface area contributed by atoms with Crippen molar-refractivity contribution in [3.05, 3.63) is 33.5 Å². The van der Waals surface area contributed by atoms with E-state index in [-0.39, 0.29) is 5.56 Å². The molecule has 0 aromatic heterocycles. The number of carboxylic acid groups (broad SMARTS) is 1. The smallest absolute Gasteiger partial charge is 0.423 e. The number of rotatable bonds is 2. The van der Waals surface area contributed by atoms with Crippen molar-refractivity contribution in [3.8, 4) is 0 Å². The van der Waals surface area contributed by atoms with Gasteiger partial charge < -0.3 is 5.11 Å². The molecule has 0 aliphatic rings. The Morgan fingerprint density at radius 3 is 2.47 bits per heavy atom. The van der Waals surface area contributed by atoms with Gasteiger partial charge in [-0.15, -0.1) is 0 Å². The topological polar surface area (TPSA) is 69.6 Å². The molecule has 1 aromatic carbocycles. The molecule has 0 bridgehead atoms. The van der Waals surface area contributed by atoms with Crippen LogP contribution in [-0.4, -0.2) is 28.2 Å². The summed E-state index contributed by atoms with van der Waals surface area (Å²) in [4.78, 5) is 22.8. The largest absolute Gasteiger partial charge is 0.464 e. The van der Waals surface area contributed by atoms with Gasteiger partial charge in [-0.1, -0.05) is 15.9 Å². The quantitative estimate of drug-likeness (QED) is 0.818. The third-order valence-corrected chi connectivity index (χ3v) is 3.28. The molecular formula is C12H14BrFN2O3. The Kier molecular flexibility index (Phi) is 4.88. The molecule has 0 saturated heterocycles. The number of nitrogens with one attached hydrogen (secondary N) is 1. The van der Waals surface area contributed by atoms with Gasteiger partial charge in [0, 0.05) is 10.5 Å². The highest BCUT2D eigenvalue weighted by molar-refractivity contribution is 9.10. The number of nitrogens with zero attached hydrogens (tertiary/aromatic N) is 1. The number of amides is 2. The van der Waals surface area contributed by atoms with Gasteiger partial charge in [-0.05, 0) is 38.5 Å².